The molecule has 0 saturated carbocycles. The Balaban J connectivity index is 3.27. The molecular formula is C18H35N3O5S11. The fourth-order valence-corrected chi connectivity index (χ4v) is 13.3. The molecule has 0 rings (SSSR count). The standard InChI is InChI=1S/C18H35N3O5S11/c1-2-27-7-20-9-37(24)17-35-15-33-13-32-14-34-16-36-18(23)21-8-29-11-31-12-30-10-28-6-19-5-26-25-4-3-22/h5,9,22H,2-4,6-8,10-17H2,1H3,(H,21,23). The number of aliphatic imine (C=N–C) groups is 2. The average Bonchev–Trinajstić information content (AvgIpc) is 2.90. The first-order valence-corrected chi connectivity index (χ1v) is 23.3. The largest absolute Gasteiger partial charge is 0.394 e. The van der Waals surface area contributed by atoms with Gasteiger partial charge in [-0.25, -0.2) is 4.99 Å². The molecule has 8 nitrogen and oxygen atoms in total. The van der Waals surface area contributed by atoms with Crippen LogP contribution in [-0.2, 0) is 20.6 Å². The van der Waals surface area contributed by atoms with E-state index in [2.05, 4.69) is 32.0 Å². The van der Waals surface area contributed by atoms with E-state index in [1.165, 1.54) is 18.2 Å². The van der Waals surface area contributed by atoms with Crippen molar-refractivity contribution >= 4 is 146 Å². The van der Waals surface area contributed by atoms with Crippen LogP contribution >= 0.6 is 118 Å². The van der Waals surface area contributed by atoms with Gasteiger partial charge in [0.05, 0.1) is 45.7 Å². The lowest BCUT2D eigenvalue weighted by Crippen LogP contribution is -2.17. The van der Waals surface area contributed by atoms with Crippen molar-refractivity contribution < 1.29 is 23.9 Å². The Morgan fingerprint density at radius 1 is 0.865 bits per heavy atom. The summed E-state index contributed by atoms with van der Waals surface area (Å²) in [6.07, 6.45) is 1.24. The number of carbonyl (C=O) groups is 1. The van der Waals surface area contributed by atoms with E-state index < -0.39 is 10.8 Å². The molecule has 0 saturated heterocycles. The molecule has 19 heteroatoms. The van der Waals surface area contributed by atoms with Gasteiger partial charge in [-0.1, -0.05) is 18.7 Å². The molecule has 37 heavy (non-hydrogen) atoms. The van der Waals surface area contributed by atoms with Gasteiger partial charge in [-0.3, -0.25) is 14.0 Å². The van der Waals surface area contributed by atoms with E-state index in [0.717, 1.165) is 41.3 Å². The van der Waals surface area contributed by atoms with E-state index in [9.17, 15) is 9.00 Å². The molecule has 0 aromatic carbocycles. The molecule has 0 spiro atoms. The van der Waals surface area contributed by atoms with Gasteiger partial charge in [-0.2, -0.15) is 4.89 Å². The van der Waals surface area contributed by atoms with Crippen molar-refractivity contribution in [3.05, 3.63) is 0 Å². The molecule has 2 N–H and O–H groups in total. The number of nitrogens with zero attached hydrogens (tertiary/aromatic N) is 2. The number of hydrogen-bond acceptors (Lipinski definition) is 17. The van der Waals surface area contributed by atoms with Crippen molar-refractivity contribution in [2.45, 2.75) is 6.92 Å². The molecular weight excluding hydrogens is 691 g/mol. The fourth-order valence-electron chi connectivity index (χ4n) is 1.49. The van der Waals surface area contributed by atoms with Gasteiger partial charge in [0.2, 0.25) is 6.40 Å². The van der Waals surface area contributed by atoms with E-state index in [1.54, 1.807) is 64.4 Å². The van der Waals surface area contributed by atoms with Crippen LogP contribution in [0.1, 0.15) is 6.92 Å². The molecule has 0 aromatic heterocycles. The smallest absolute Gasteiger partial charge is 0.280 e. The Hall–Kier alpha value is 2.18. The minimum Gasteiger partial charge on any atom is -0.394 e. The third-order valence-corrected chi connectivity index (χ3v) is 15.8. The number of nitrogens with one attached hydrogen (secondary N) is 1. The monoisotopic (exact) mass is 725 g/mol. The van der Waals surface area contributed by atoms with E-state index in [4.69, 9.17) is 5.11 Å². The molecule has 0 bridgehead atoms. The molecule has 0 aromatic rings. The SMILES string of the molecule is CCSCN=CS(=O)CSCSCSCSCSC(=O)NCSCSCSCSCN=COOCCO. The first kappa shape index (κ1) is 39.2. The summed E-state index contributed by atoms with van der Waals surface area (Å²) in [4.78, 5) is 29.2. The average molecular weight is 726 g/mol. The summed E-state index contributed by atoms with van der Waals surface area (Å²) in [6.45, 7) is 2.14. The van der Waals surface area contributed by atoms with Gasteiger partial charge >= 0.3 is 0 Å². The number of aliphatic hydroxyl groups excluding tert-OH is 1. The predicted octanol–water partition coefficient (Wildman–Crippen LogP) is 6.33. The van der Waals surface area contributed by atoms with Crippen molar-refractivity contribution in [3.8, 4) is 0 Å². The van der Waals surface area contributed by atoms with Gasteiger partial charge in [-0.15, -0.1) is 106 Å². The topological polar surface area (TPSA) is 110 Å². The predicted molar refractivity (Wildman–Crippen MR) is 188 cm³/mol. The van der Waals surface area contributed by atoms with Crippen molar-refractivity contribution in [2.24, 2.45) is 9.98 Å². The Bertz CT molecular complexity index is 598. The first-order chi connectivity index (χ1) is 18.2. The van der Waals surface area contributed by atoms with Gasteiger partial charge < -0.3 is 15.3 Å². The van der Waals surface area contributed by atoms with Crippen molar-refractivity contribution in [3.63, 3.8) is 0 Å². The molecule has 0 heterocycles. The quantitative estimate of drug-likeness (QED) is 0.0234. The van der Waals surface area contributed by atoms with Gasteiger partial charge in [0.1, 0.15) is 6.61 Å². The number of aliphatic hydroxyl groups is 1. The summed E-state index contributed by atoms with van der Waals surface area (Å²) in [5, 5.41) is 18.6. The van der Waals surface area contributed by atoms with Crippen LogP contribution in [0.25, 0.3) is 0 Å². The summed E-state index contributed by atoms with van der Waals surface area (Å²) in [6, 6.07) is 0. The number of amides is 1. The van der Waals surface area contributed by atoms with Crippen molar-refractivity contribution in [1.82, 2.24) is 5.32 Å². The maximum Gasteiger partial charge on any atom is 0.280 e. The Morgan fingerprint density at radius 3 is 2.19 bits per heavy atom. The maximum atomic E-state index is 11.9. The van der Waals surface area contributed by atoms with Crippen LogP contribution in [0.2, 0.25) is 0 Å². The second-order valence-electron chi connectivity index (χ2n) is 5.68. The second-order valence-corrected chi connectivity index (χ2v) is 19.9. The van der Waals surface area contributed by atoms with Crippen molar-refractivity contribution in [1.29, 1.82) is 0 Å². The minimum atomic E-state index is -0.974. The summed E-state index contributed by atoms with van der Waals surface area (Å²) in [5.41, 5.74) is 1.57. The number of thioether (sulfide) groups is 10. The van der Waals surface area contributed by atoms with Gasteiger partial charge in [-0.05, 0) is 5.75 Å². The van der Waals surface area contributed by atoms with Gasteiger partial charge in [0, 0.05) is 35.6 Å². The number of rotatable bonds is 28. The highest BCUT2D eigenvalue weighted by Crippen LogP contribution is 2.24. The van der Waals surface area contributed by atoms with Crippen LogP contribution in [0, 0.1) is 0 Å². The normalized spacial score (nSPS) is 12.5. The van der Waals surface area contributed by atoms with Crippen LogP contribution < -0.4 is 5.32 Å². The highest BCUT2D eigenvalue weighted by atomic mass is 32.3. The van der Waals surface area contributed by atoms with Crippen LogP contribution in [0.4, 0.5) is 4.79 Å². The van der Waals surface area contributed by atoms with Crippen LogP contribution in [0.15, 0.2) is 9.98 Å². The molecule has 1 amide bonds. The van der Waals surface area contributed by atoms with E-state index in [-0.39, 0.29) is 18.5 Å². The summed E-state index contributed by atoms with van der Waals surface area (Å²) in [7, 11) is -0.974. The molecule has 0 aliphatic heterocycles. The number of carbonyl (C=O) groups excluding carboxylic acids is 1. The lowest BCUT2D eigenvalue weighted by Gasteiger charge is -2.05. The highest BCUT2D eigenvalue weighted by molar-refractivity contribution is 8.30. The van der Waals surface area contributed by atoms with Crippen LogP contribution in [0.3, 0.4) is 0 Å². The molecule has 218 valence electrons. The van der Waals surface area contributed by atoms with E-state index in [1.807, 2.05) is 47.0 Å². The van der Waals surface area contributed by atoms with E-state index >= 15 is 0 Å². The Labute approximate surface area is 266 Å². The highest BCUT2D eigenvalue weighted by Gasteiger charge is 2.02. The minimum absolute atomic E-state index is 0.0303. The molecule has 0 radical (unpaired) electrons. The molecule has 0 aliphatic carbocycles. The molecule has 1 atom stereocenters. The van der Waals surface area contributed by atoms with Gasteiger partial charge in [0.25, 0.3) is 5.24 Å². The van der Waals surface area contributed by atoms with E-state index in [0.29, 0.717) is 22.7 Å². The third-order valence-electron chi connectivity index (χ3n) is 2.88. The fraction of sp³-hybridized carbons (Fsp3) is 0.833. The summed E-state index contributed by atoms with van der Waals surface area (Å²) in [5.74, 6) is 2.95. The lowest BCUT2D eigenvalue weighted by molar-refractivity contribution is -0.221. The third kappa shape index (κ3) is 34.3. The molecule has 0 aliphatic rings. The second kappa shape index (κ2) is 34.4. The molecule has 1 unspecified atom stereocenters. The summed E-state index contributed by atoms with van der Waals surface area (Å²) >= 11 is 17.2. The zero-order valence-electron chi connectivity index (χ0n) is 20.5. The zero-order valence-corrected chi connectivity index (χ0v) is 29.5. The maximum absolute atomic E-state index is 11.9. The van der Waals surface area contributed by atoms with Crippen LogP contribution in [-0.4, -0.2) is 104 Å². The lowest BCUT2D eigenvalue weighted by atomic mass is 10.8. The molecule has 0 fully saturated rings. The van der Waals surface area contributed by atoms with Crippen LogP contribution in [0.5, 0.6) is 0 Å². The van der Waals surface area contributed by atoms with Gasteiger partial charge in [0.15, 0.2) is 0 Å². The first-order valence-electron chi connectivity index (χ1n) is 10.6. The Kier molecular flexibility index (Phi) is 36.4. The van der Waals surface area contributed by atoms with Crippen molar-refractivity contribution in [2.75, 3.05) is 77.3 Å². The Morgan fingerprint density at radius 2 is 1.49 bits per heavy atom. The summed E-state index contributed by atoms with van der Waals surface area (Å²) < 4.78 is 11.7. The zero-order chi connectivity index (χ0) is 27.1. The number of hydrogen-bond donors (Lipinski definition) is 2.